The molecule has 0 aromatic carbocycles. The van der Waals surface area contributed by atoms with E-state index in [1.165, 1.54) is 0 Å². The number of unbranched alkanes of at least 4 members (excludes halogenated alkanes) is 2. The van der Waals surface area contributed by atoms with Gasteiger partial charge in [-0.25, -0.2) is 0 Å². The van der Waals surface area contributed by atoms with Gasteiger partial charge in [0.2, 0.25) is 0 Å². The number of ketones is 2. The topological polar surface area (TPSA) is 121 Å². The van der Waals surface area contributed by atoms with E-state index in [0.29, 0.717) is 38.5 Å². The van der Waals surface area contributed by atoms with E-state index >= 15 is 0 Å². The van der Waals surface area contributed by atoms with E-state index in [2.05, 4.69) is 6.92 Å². The molecule has 2 fully saturated rings. The number of aliphatic hydroxyl groups is 2. The van der Waals surface area contributed by atoms with Crippen LogP contribution in [0.15, 0.2) is 0 Å². The van der Waals surface area contributed by atoms with E-state index in [0.717, 1.165) is 25.7 Å². The van der Waals surface area contributed by atoms with Crippen LogP contribution >= 0.6 is 0 Å². The lowest BCUT2D eigenvalue weighted by Gasteiger charge is -2.32. The summed E-state index contributed by atoms with van der Waals surface area (Å²) < 4.78 is 29.7. The Morgan fingerprint density at radius 3 is 1.86 bits per heavy atom. The van der Waals surface area contributed by atoms with Crippen molar-refractivity contribution in [3.8, 4) is 0 Å². The maximum Gasteiger partial charge on any atom is 0.166 e. The van der Waals surface area contributed by atoms with Crippen LogP contribution in [0.4, 0.5) is 0 Å². The Bertz CT molecular complexity index is 657. The molecule has 2 aliphatic heterocycles. The minimum absolute atomic E-state index is 0.0184. The van der Waals surface area contributed by atoms with Gasteiger partial charge in [0.1, 0.15) is 36.0 Å². The molecule has 0 spiro atoms. The number of hydrogen-bond acceptors (Lipinski definition) is 9. The number of hydrogen-bond donors (Lipinski definition) is 2. The van der Waals surface area contributed by atoms with Crippen molar-refractivity contribution >= 4 is 11.6 Å². The molecule has 0 radical (unpaired) electrons. The van der Waals surface area contributed by atoms with Crippen LogP contribution in [0, 0.1) is 0 Å². The Balaban J connectivity index is 1.93. The Hall–Kier alpha value is -0.940. The monoisotopic (exact) mass is 502 g/mol. The minimum Gasteiger partial charge on any atom is -0.394 e. The van der Waals surface area contributed by atoms with Crippen molar-refractivity contribution in [3.63, 3.8) is 0 Å². The molecule has 2 rings (SSSR count). The Kier molecular flexibility index (Phi) is 12.7. The second kappa shape index (κ2) is 14.7. The summed E-state index contributed by atoms with van der Waals surface area (Å²) in [6.07, 6.45) is 3.16. The van der Waals surface area contributed by atoms with E-state index in [1.54, 1.807) is 13.8 Å². The average molecular weight is 503 g/mol. The van der Waals surface area contributed by atoms with E-state index in [1.807, 2.05) is 6.92 Å². The van der Waals surface area contributed by atoms with Crippen molar-refractivity contribution in [1.82, 2.24) is 0 Å². The molecule has 2 N–H and O–H groups in total. The van der Waals surface area contributed by atoms with Crippen LogP contribution < -0.4 is 0 Å². The van der Waals surface area contributed by atoms with Gasteiger partial charge in [0.25, 0.3) is 0 Å². The lowest BCUT2D eigenvalue weighted by Crippen LogP contribution is -2.49. The highest BCUT2D eigenvalue weighted by Crippen LogP contribution is 2.35. The van der Waals surface area contributed by atoms with Gasteiger partial charge in [0.15, 0.2) is 11.6 Å². The molecule has 35 heavy (non-hydrogen) atoms. The molecule has 0 aromatic rings. The normalized spacial score (nSPS) is 30.5. The lowest BCUT2D eigenvalue weighted by atomic mass is 10.0. The second-order valence-corrected chi connectivity index (χ2v) is 10.0. The third-order valence-corrected chi connectivity index (χ3v) is 6.73. The van der Waals surface area contributed by atoms with Crippen LogP contribution in [-0.2, 0) is 33.3 Å². The molecule has 0 aromatic heterocycles. The Labute approximate surface area is 209 Å². The smallest absolute Gasteiger partial charge is 0.166 e. The highest BCUT2D eigenvalue weighted by Gasteiger charge is 2.48. The van der Waals surface area contributed by atoms with Gasteiger partial charge in [0, 0.05) is 38.5 Å². The highest BCUT2D eigenvalue weighted by atomic mass is 16.8. The van der Waals surface area contributed by atoms with Crippen molar-refractivity contribution in [2.45, 2.75) is 128 Å². The summed E-state index contributed by atoms with van der Waals surface area (Å²) in [4.78, 5) is 24.2. The molecule has 2 saturated heterocycles. The first kappa shape index (κ1) is 30.3. The summed E-state index contributed by atoms with van der Waals surface area (Å²) in [6, 6.07) is 0. The van der Waals surface area contributed by atoms with E-state index in [4.69, 9.17) is 23.7 Å². The quantitative estimate of drug-likeness (QED) is 0.291. The zero-order valence-electron chi connectivity index (χ0n) is 22.0. The SMILES string of the molecule is CCCCC(=O)CCC1(C)OCC(C(O)C(OCCO)C2COC(C)(CCC(=O)CCCC)O2)O1. The van der Waals surface area contributed by atoms with Gasteiger partial charge in [0.05, 0.1) is 26.4 Å². The van der Waals surface area contributed by atoms with Gasteiger partial charge in [-0.3, -0.25) is 9.59 Å². The van der Waals surface area contributed by atoms with Gasteiger partial charge in [-0.05, 0) is 26.7 Å². The van der Waals surface area contributed by atoms with Gasteiger partial charge in [-0.15, -0.1) is 0 Å². The summed E-state index contributed by atoms with van der Waals surface area (Å²) in [5.74, 6) is -1.55. The molecule has 9 heteroatoms. The van der Waals surface area contributed by atoms with E-state index in [9.17, 15) is 19.8 Å². The van der Waals surface area contributed by atoms with Crippen LogP contribution in [0.1, 0.15) is 91.9 Å². The third kappa shape index (κ3) is 9.80. The fourth-order valence-corrected chi connectivity index (χ4v) is 4.44. The van der Waals surface area contributed by atoms with Crippen LogP contribution in [-0.4, -0.2) is 84.2 Å². The molecule has 2 aliphatic rings. The molecule has 204 valence electrons. The van der Waals surface area contributed by atoms with Crippen molar-refractivity contribution in [2.75, 3.05) is 26.4 Å². The summed E-state index contributed by atoms with van der Waals surface area (Å²) >= 11 is 0. The highest BCUT2D eigenvalue weighted by molar-refractivity contribution is 5.78. The number of carbonyl (C=O) groups is 2. The van der Waals surface area contributed by atoms with Crippen LogP contribution in [0.3, 0.4) is 0 Å². The third-order valence-electron chi connectivity index (χ3n) is 6.73. The molecule has 0 saturated carbocycles. The summed E-state index contributed by atoms with van der Waals surface area (Å²) in [7, 11) is 0. The molecular formula is C26H46O9. The van der Waals surface area contributed by atoms with Crippen LogP contribution in [0.2, 0.25) is 0 Å². The molecule has 6 atom stereocenters. The maximum absolute atomic E-state index is 12.1. The molecule has 0 aliphatic carbocycles. The second-order valence-electron chi connectivity index (χ2n) is 10.0. The van der Waals surface area contributed by atoms with Gasteiger partial charge < -0.3 is 33.9 Å². The first-order chi connectivity index (χ1) is 16.6. The van der Waals surface area contributed by atoms with E-state index < -0.39 is 36.0 Å². The molecule has 9 nitrogen and oxygen atoms in total. The fourth-order valence-electron chi connectivity index (χ4n) is 4.44. The fraction of sp³-hybridized carbons (Fsp3) is 0.923. The van der Waals surface area contributed by atoms with Crippen LogP contribution in [0.25, 0.3) is 0 Å². The van der Waals surface area contributed by atoms with Gasteiger partial charge in [-0.1, -0.05) is 26.7 Å². The first-order valence-electron chi connectivity index (χ1n) is 13.2. The van der Waals surface area contributed by atoms with Crippen molar-refractivity contribution < 1.29 is 43.5 Å². The van der Waals surface area contributed by atoms with Crippen LogP contribution in [0.5, 0.6) is 0 Å². The zero-order valence-corrected chi connectivity index (χ0v) is 22.0. The lowest BCUT2D eigenvalue weighted by molar-refractivity contribution is -0.206. The predicted octanol–water partition coefficient (Wildman–Crippen LogP) is 3.07. The number of Topliss-reactive ketones (excluding diaryl/α,β-unsaturated/α-hetero) is 2. The number of aliphatic hydroxyl groups excluding tert-OH is 2. The number of ether oxygens (including phenoxy) is 5. The molecular weight excluding hydrogens is 456 g/mol. The molecule has 2 heterocycles. The minimum atomic E-state index is -1.10. The number of carbonyl (C=O) groups excluding carboxylic acids is 2. The van der Waals surface area contributed by atoms with Crippen molar-refractivity contribution in [2.24, 2.45) is 0 Å². The summed E-state index contributed by atoms with van der Waals surface area (Å²) in [5.41, 5.74) is 0. The molecule has 0 bridgehead atoms. The van der Waals surface area contributed by atoms with Gasteiger partial charge in [-0.2, -0.15) is 0 Å². The standard InChI is InChI=1S/C26H46O9/c1-5-7-9-19(28)11-13-25(3)32-17-21(34-25)23(30)24(31-16-15-27)22-18-33-26(4,35-22)14-12-20(29)10-8-6-2/h21-24,27,30H,5-18H2,1-4H3. The molecule has 6 unspecified atom stereocenters. The summed E-state index contributed by atoms with van der Waals surface area (Å²) in [5, 5.41) is 20.4. The Morgan fingerprint density at radius 2 is 1.37 bits per heavy atom. The first-order valence-corrected chi connectivity index (χ1v) is 13.2. The predicted molar refractivity (Wildman–Crippen MR) is 129 cm³/mol. The van der Waals surface area contributed by atoms with E-state index in [-0.39, 0.29) is 38.0 Å². The largest absolute Gasteiger partial charge is 0.394 e. The maximum atomic E-state index is 12.1. The summed E-state index contributed by atoms with van der Waals surface area (Å²) in [6.45, 7) is 7.81. The number of rotatable bonds is 18. The zero-order chi connectivity index (χ0) is 25.9. The van der Waals surface area contributed by atoms with Gasteiger partial charge >= 0.3 is 0 Å². The van der Waals surface area contributed by atoms with Crippen molar-refractivity contribution in [3.05, 3.63) is 0 Å². The van der Waals surface area contributed by atoms with Crippen molar-refractivity contribution in [1.29, 1.82) is 0 Å². The average Bonchev–Trinajstić information content (AvgIpc) is 3.43. The Morgan fingerprint density at radius 1 is 0.886 bits per heavy atom. The molecule has 0 amide bonds.